The van der Waals surface area contributed by atoms with Crippen molar-refractivity contribution in [3.8, 4) is 0 Å². The van der Waals surface area contributed by atoms with Crippen LogP contribution in [0, 0.1) is 11.7 Å². The number of hydrogen-bond donors (Lipinski definition) is 1. The predicted molar refractivity (Wildman–Crippen MR) is 123 cm³/mol. The third kappa shape index (κ3) is 3.13. The van der Waals surface area contributed by atoms with Gasteiger partial charge in [0.1, 0.15) is 5.82 Å². The van der Waals surface area contributed by atoms with Crippen LogP contribution in [0.5, 0.6) is 0 Å². The van der Waals surface area contributed by atoms with E-state index in [1.165, 1.54) is 17.9 Å². The van der Waals surface area contributed by atoms with E-state index in [1.807, 2.05) is 12.1 Å². The summed E-state index contributed by atoms with van der Waals surface area (Å²) < 4.78 is 17.3. The summed E-state index contributed by atoms with van der Waals surface area (Å²) in [6.45, 7) is 6.77. The van der Waals surface area contributed by atoms with Crippen molar-refractivity contribution in [3.05, 3.63) is 76.9 Å². The number of hydrogen-bond acceptors (Lipinski definition) is 3. The first-order valence-corrected chi connectivity index (χ1v) is 11.1. The maximum absolute atomic E-state index is 15.1. The first-order chi connectivity index (χ1) is 15.4. The molecule has 0 saturated heterocycles. The minimum atomic E-state index is -0.595. The Labute approximate surface area is 186 Å². The van der Waals surface area contributed by atoms with Crippen LogP contribution in [0.15, 0.2) is 59.9 Å². The van der Waals surface area contributed by atoms with E-state index < -0.39 is 5.92 Å². The lowest BCUT2D eigenvalue weighted by Gasteiger charge is -2.20. The number of carbonyl (C=O) groups excluding carboxylic acids is 2. The minimum absolute atomic E-state index is 0.169. The first kappa shape index (κ1) is 20.5. The van der Waals surface area contributed by atoms with Crippen LogP contribution >= 0.6 is 0 Å². The van der Waals surface area contributed by atoms with Gasteiger partial charge < -0.3 is 9.88 Å². The van der Waals surface area contributed by atoms with Gasteiger partial charge in [-0.2, -0.15) is 0 Å². The van der Waals surface area contributed by atoms with Crippen LogP contribution in [0.2, 0.25) is 0 Å². The van der Waals surface area contributed by atoms with Crippen molar-refractivity contribution < 1.29 is 14.0 Å². The van der Waals surface area contributed by atoms with Crippen LogP contribution in [0.1, 0.15) is 44.2 Å². The highest BCUT2D eigenvalue weighted by molar-refractivity contribution is 6.11. The van der Waals surface area contributed by atoms with Gasteiger partial charge in [0.15, 0.2) is 0 Å². The van der Waals surface area contributed by atoms with E-state index in [2.05, 4.69) is 36.0 Å². The number of nitrogens with one attached hydrogen (secondary N) is 1. The van der Waals surface area contributed by atoms with Crippen molar-refractivity contribution in [2.75, 3.05) is 11.9 Å². The Morgan fingerprint density at radius 3 is 2.66 bits per heavy atom. The zero-order valence-electron chi connectivity index (χ0n) is 18.5. The van der Waals surface area contributed by atoms with Crippen LogP contribution in [-0.2, 0) is 16.1 Å². The molecule has 0 aliphatic carbocycles. The topological polar surface area (TPSA) is 54.3 Å². The zero-order chi connectivity index (χ0) is 22.6. The Hall–Kier alpha value is -3.41. The number of aromatic nitrogens is 1. The molecule has 3 heterocycles. The van der Waals surface area contributed by atoms with Gasteiger partial charge in [-0.15, -0.1) is 0 Å². The molecule has 6 heteroatoms. The van der Waals surface area contributed by atoms with Crippen molar-refractivity contribution in [3.63, 3.8) is 0 Å². The van der Waals surface area contributed by atoms with Gasteiger partial charge in [0.25, 0.3) is 5.91 Å². The molecular formula is C26H26FN3O2. The summed E-state index contributed by atoms with van der Waals surface area (Å²) >= 11 is 0. The van der Waals surface area contributed by atoms with Crippen LogP contribution in [0.3, 0.4) is 0 Å². The minimum Gasteiger partial charge on any atom is -0.356 e. The molecule has 0 saturated carbocycles. The Bertz CT molecular complexity index is 1290. The van der Waals surface area contributed by atoms with E-state index in [4.69, 9.17) is 0 Å². The molecule has 3 aromatic rings. The number of halogens is 1. The summed E-state index contributed by atoms with van der Waals surface area (Å²) in [6.07, 6.45) is 3.07. The predicted octanol–water partition coefficient (Wildman–Crippen LogP) is 5.03. The van der Waals surface area contributed by atoms with E-state index in [9.17, 15) is 9.59 Å². The van der Waals surface area contributed by atoms with E-state index in [0.29, 0.717) is 22.8 Å². The quantitative estimate of drug-likeness (QED) is 0.631. The monoisotopic (exact) mass is 431 g/mol. The number of benzene rings is 2. The highest BCUT2D eigenvalue weighted by Crippen LogP contribution is 2.47. The summed E-state index contributed by atoms with van der Waals surface area (Å²) in [5, 5.41) is 4.43. The highest BCUT2D eigenvalue weighted by Gasteiger charge is 2.42. The van der Waals surface area contributed by atoms with E-state index in [-0.39, 0.29) is 24.2 Å². The number of imide groups is 1. The lowest BCUT2D eigenvalue weighted by Crippen LogP contribution is -2.33. The number of aryl methyl sites for hydroxylation is 1. The molecule has 1 atom stereocenters. The number of rotatable bonds is 4. The van der Waals surface area contributed by atoms with Gasteiger partial charge in [-0.05, 0) is 36.1 Å². The fourth-order valence-corrected chi connectivity index (χ4v) is 4.89. The van der Waals surface area contributed by atoms with Crippen LogP contribution in [0.4, 0.5) is 10.1 Å². The average molecular weight is 432 g/mol. The molecule has 0 bridgehead atoms. The van der Waals surface area contributed by atoms with Crippen LogP contribution < -0.4 is 5.32 Å². The molecule has 0 fully saturated rings. The summed E-state index contributed by atoms with van der Waals surface area (Å²) in [5.74, 6) is -1.08. The van der Waals surface area contributed by atoms with Crippen molar-refractivity contribution in [1.29, 1.82) is 0 Å². The highest BCUT2D eigenvalue weighted by atomic mass is 19.1. The van der Waals surface area contributed by atoms with Gasteiger partial charge in [-0.25, -0.2) is 4.39 Å². The van der Waals surface area contributed by atoms with Gasteiger partial charge >= 0.3 is 0 Å². The van der Waals surface area contributed by atoms with Gasteiger partial charge in [0.05, 0.1) is 17.6 Å². The molecule has 0 unspecified atom stereocenters. The molecule has 5 rings (SSSR count). The summed E-state index contributed by atoms with van der Waals surface area (Å²) in [5.41, 5.74) is 4.38. The zero-order valence-corrected chi connectivity index (χ0v) is 18.5. The average Bonchev–Trinajstić information content (AvgIpc) is 3.23. The van der Waals surface area contributed by atoms with Gasteiger partial charge in [0.2, 0.25) is 5.91 Å². The molecule has 2 aliphatic rings. The van der Waals surface area contributed by atoms with Crippen molar-refractivity contribution >= 4 is 28.4 Å². The number of nitrogens with zero attached hydrogens (tertiary/aromatic N) is 2. The van der Waals surface area contributed by atoms with Crippen molar-refractivity contribution in [2.45, 2.75) is 39.7 Å². The molecule has 2 aliphatic heterocycles. The van der Waals surface area contributed by atoms with Crippen LogP contribution in [-0.4, -0.2) is 27.8 Å². The van der Waals surface area contributed by atoms with E-state index in [0.717, 1.165) is 35.1 Å². The Morgan fingerprint density at radius 1 is 1.16 bits per heavy atom. The van der Waals surface area contributed by atoms with Crippen LogP contribution in [0.25, 0.3) is 10.9 Å². The molecule has 2 aromatic carbocycles. The summed E-state index contributed by atoms with van der Waals surface area (Å²) in [6, 6.07) is 12.6. The number of amides is 2. The summed E-state index contributed by atoms with van der Waals surface area (Å²) in [7, 11) is 0. The van der Waals surface area contributed by atoms with Gasteiger partial charge in [-0.3, -0.25) is 14.5 Å². The second-order valence-corrected chi connectivity index (χ2v) is 9.04. The van der Waals surface area contributed by atoms with E-state index in [1.54, 1.807) is 18.2 Å². The molecule has 0 spiro atoms. The fraction of sp³-hybridized carbons (Fsp3) is 0.308. The second-order valence-electron chi connectivity index (χ2n) is 9.04. The standard InChI is InChI=1S/C26H26FN3O2/c1-15(2)11-12-29-13-18-23(17-7-4-5-8-19(17)27)25-21(14-30(16(3)31)26(25)32)28-20-9-6-10-22(29)24(18)20/h4-10,13,15,23,28H,11-12,14H2,1-3H3/t23-/m0/s1. The maximum Gasteiger partial charge on any atom is 0.259 e. The van der Waals surface area contributed by atoms with E-state index >= 15 is 4.39 Å². The van der Waals surface area contributed by atoms with Crippen molar-refractivity contribution in [1.82, 2.24) is 9.47 Å². The SMILES string of the molecule is CC(=O)N1CC2=C(C1=O)[C@@H](c1ccccc1F)c1cn(CCC(C)C)c3cccc(c13)N2. The Kier molecular flexibility index (Phi) is 4.88. The maximum atomic E-state index is 15.1. The third-order valence-electron chi connectivity index (χ3n) is 6.48. The Morgan fingerprint density at radius 2 is 1.94 bits per heavy atom. The normalized spacial score (nSPS) is 17.7. The molecular weight excluding hydrogens is 405 g/mol. The number of carbonyl (C=O) groups is 2. The van der Waals surface area contributed by atoms with Gasteiger partial charge in [0, 0.05) is 47.9 Å². The molecule has 32 heavy (non-hydrogen) atoms. The largest absolute Gasteiger partial charge is 0.356 e. The molecule has 2 amide bonds. The first-order valence-electron chi connectivity index (χ1n) is 11.1. The smallest absolute Gasteiger partial charge is 0.259 e. The fourth-order valence-electron chi connectivity index (χ4n) is 4.89. The Balaban J connectivity index is 1.77. The lowest BCUT2D eigenvalue weighted by atomic mass is 9.84. The number of anilines is 1. The third-order valence-corrected chi connectivity index (χ3v) is 6.48. The molecule has 5 nitrogen and oxygen atoms in total. The molecule has 1 N–H and O–H groups in total. The van der Waals surface area contributed by atoms with Crippen molar-refractivity contribution in [2.24, 2.45) is 5.92 Å². The molecule has 164 valence electrons. The van der Waals surface area contributed by atoms with Gasteiger partial charge in [-0.1, -0.05) is 38.1 Å². The second kappa shape index (κ2) is 7.62. The molecule has 0 radical (unpaired) electrons. The summed E-state index contributed by atoms with van der Waals surface area (Å²) in [4.78, 5) is 26.8. The lowest BCUT2D eigenvalue weighted by molar-refractivity contribution is -0.139. The molecule has 1 aromatic heterocycles.